The lowest BCUT2D eigenvalue weighted by Crippen LogP contribution is -2.39. The van der Waals surface area contributed by atoms with Gasteiger partial charge in [0.2, 0.25) is 5.89 Å². The summed E-state index contributed by atoms with van der Waals surface area (Å²) in [5, 5.41) is 6.59. The number of H-pyrrole nitrogens is 1. The van der Waals surface area contributed by atoms with E-state index in [1.54, 1.807) is 0 Å². The van der Waals surface area contributed by atoms with Crippen molar-refractivity contribution >= 4 is 18.1 Å². The molecule has 1 N–H and O–H groups in total. The molecule has 0 spiro atoms. The van der Waals surface area contributed by atoms with Crippen LogP contribution in [-0.2, 0) is 0 Å². The Bertz CT molecular complexity index is 735. The molecule has 1 aliphatic heterocycles. The number of carbonyl (C=O) groups is 1. The molecule has 0 radical (unpaired) electrons. The van der Waals surface area contributed by atoms with Crippen LogP contribution in [0.15, 0.2) is 28.7 Å². The number of hydrogen-bond donors (Lipinski definition) is 1. The molecule has 3 rings (SSSR count). The maximum Gasteiger partial charge on any atom is 0.284 e. The fraction of sp³-hybridized carbons (Fsp3) is 0.471. The molecular weight excluding hydrogens is 310 g/mol. The smallest absolute Gasteiger partial charge is 0.284 e. The average Bonchev–Trinajstić information content (AvgIpc) is 2.90. The van der Waals surface area contributed by atoms with Crippen LogP contribution >= 0.6 is 12.2 Å². The van der Waals surface area contributed by atoms with E-state index in [9.17, 15) is 4.79 Å². The molecule has 1 saturated heterocycles. The lowest BCUT2D eigenvalue weighted by atomic mass is 10.1. The Hall–Kier alpha value is -1.95. The molecule has 1 amide bonds. The highest BCUT2D eigenvalue weighted by Gasteiger charge is 2.25. The van der Waals surface area contributed by atoms with Gasteiger partial charge in [0.05, 0.1) is 0 Å². The van der Waals surface area contributed by atoms with Crippen molar-refractivity contribution in [2.75, 3.05) is 6.54 Å². The summed E-state index contributed by atoms with van der Waals surface area (Å²) in [5.74, 6) is 1.09. The zero-order valence-corrected chi connectivity index (χ0v) is 14.2. The summed E-state index contributed by atoms with van der Waals surface area (Å²) >= 11 is 4.88. The maximum atomic E-state index is 12.8. The highest BCUT2D eigenvalue weighted by atomic mass is 32.1. The summed E-state index contributed by atoms with van der Waals surface area (Å²) in [5.41, 5.74) is 1.50. The molecule has 1 aromatic heterocycles. The number of aromatic nitrogens is 2. The number of carbonyl (C=O) groups excluding carboxylic acids is 1. The van der Waals surface area contributed by atoms with Crippen LogP contribution in [0.1, 0.15) is 43.5 Å². The third kappa shape index (κ3) is 3.52. The van der Waals surface area contributed by atoms with Crippen LogP contribution in [-0.4, -0.2) is 33.6 Å². The molecule has 0 aliphatic carbocycles. The van der Waals surface area contributed by atoms with Gasteiger partial charge in [0.15, 0.2) is 0 Å². The Morgan fingerprint density at radius 3 is 2.70 bits per heavy atom. The van der Waals surface area contributed by atoms with Crippen LogP contribution in [0, 0.1) is 10.8 Å². The van der Waals surface area contributed by atoms with Gasteiger partial charge in [-0.25, -0.2) is 5.10 Å². The monoisotopic (exact) mass is 331 g/mol. The average molecular weight is 331 g/mol. The van der Waals surface area contributed by atoms with Gasteiger partial charge in [-0.2, -0.15) is 0 Å². The molecule has 23 heavy (non-hydrogen) atoms. The van der Waals surface area contributed by atoms with Gasteiger partial charge in [-0.05, 0) is 62.2 Å². The van der Waals surface area contributed by atoms with Gasteiger partial charge in [0, 0.05) is 23.7 Å². The molecule has 2 heterocycles. The van der Waals surface area contributed by atoms with Crippen molar-refractivity contribution in [3.63, 3.8) is 0 Å². The molecule has 1 aromatic carbocycles. The van der Waals surface area contributed by atoms with Gasteiger partial charge in [-0.1, -0.05) is 13.3 Å². The van der Waals surface area contributed by atoms with Crippen molar-refractivity contribution in [1.82, 2.24) is 15.1 Å². The van der Waals surface area contributed by atoms with E-state index in [2.05, 4.69) is 24.0 Å². The molecule has 6 heteroatoms. The van der Waals surface area contributed by atoms with E-state index < -0.39 is 0 Å². The van der Waals surface area contributed by atoms with E-state index in [4.69, 9.17) is 16.6 Å². The van der Waals surface area contributed by atoms with Crippen molar-refractivity contribution < 1.29 is 9.21 Å². The van der Waals surface area contributed by atoms with Crippen LogP contribution in [0.3, 0.4) is 0 Å². The zero-order chi connectivity index (χ0) is 16.4. The first-order chi connectivity index (χ1) is 11.0. The molecule has 0 unspecified atom stereocenters. The second-order valence-corrected chi connectivity index (χ2v) is 6.71. The summed E-state index contributed by atoms with van der Waals surface area (Å²) in [4.78, 5) is 15.1. The standard InChI is InChI=1S/C17H21N3O2S/c1-11-4-3-5-12(2)20(10-11)16(21)14-8-6-13(7-9-14)15-18-19-17(23)22-15/h6-9,11-12H,3-5,10H2,1-2H3,(H,19,23)/t11-,12+/m0/s1. The first-order valence-electron chi connectivity index (χ1n) is 8.01. The van der Waals surface area contributed by atoms with E-state index in [1.165, 1.54) is 12.8 Å². The number of benzene rings is 1. The minimum Gasteiger partial charge on any atom is -0.409 e. The lowest BCUT2D eigenvalue weighted by molar-refractivity contribution is 0.0677. The minimum atomic E-state index is 0.0979. The van der Waals surface area contributed by atoms with Crippen LogP contribution < -0.4 is 0 Å². The highest BCUT2D eigenvalue weighted by Crippen LogP contribution is 2.24. The van der Waals surface area contributed by atoms with E-state index in [0.29, 0.717) is 17.4 Å². The summed E-state index contributed by atoms with van der Waals surface area (Å²) in [6, 6.07) is 7.62. The summed E-state index contributed by atoms with van der Waals surface area (Å²) < 4.78 is 5.29. The van der Waals surface area contributed by atoms with Crippen molar-refractivity contribution in [1.29, 1.82) is 0 Å². The fourth-order valence-corrected chi connectivity index (χ4v) is 3.21. The van der Waals surface area contributed by atoms with E-state index in [-0.39, 0.29) is 16.8 Å². The van der Waals surface area contributed by atoms with Crippen molar-refractivity contribution in [3.05, 3.63) is 34.7 Å². The van der Waals surface area contributed by atoms with Crippen molar-refractivity contribution in [2.24, 2.45) is 5.92 Å². The Morgan fingerprint density at radius 1 is 1.30 bits per heavy atom. The minimum absolute atomic E-state index is 0.0979. The molecule has 1 aliphatic rings. The van der Waals surface area contributed by atoms with Gasteiger partial charge in [0.1, 0.15) is 0 Å². The van der Waals surface area contributed by atoms with Gasteiger partial charge in [-0.3, -0.25) is 4.79 Å². The fourth-order valence-electron chi connectivity index (χ4n) is 3.08. The molecule has 1 fully saturated rings. The van der Waals surface area contributed by atoms with E-state index in [0.717, 1.165) is 18.5 Å². The summed E-state index contributed by atoms with van der Waals surface area (Å²) in [6.45, 7) is 5.18. The Kier molecular flexibility index (Phi) is 4.61. The predicted octanol–water partition coefficient (Wildman–Crippen LogP) is 4.05. The van der Waals surface area contributed by atoms with Crippen LogP contribution in [0.2, 0.25) is 0 Å². The number of likely N-dealkylation sites (tertiary alicyclic amines) is 1. The third-order valence-electron chi connectivity index (χ3n) is 4.44. The van der Waals surface area contributed by atoms with Gasteiger partial charge in [0.25, 0.3) is 10.7 Å². The molecule has 122 valence electrons. The molecule has 5 nitrogen and oxygen atoms in total. The van der Waals surface area contributed by atoms with Gasteiger partial charge in [-0.15, -0.1) is 5.10 Å². The maximum absolute atomic E-state index is 12.8. The number of amides is 1. The second kappa shape index (κ2) is 6.66. The Labute approximate surface area is 140 Å². The zero-order valence-electron chi connectivity index (χ0n) is 13.4. The normalized spacial score (nSPS) is 21.9. The van der Waals surface area contributed by atoms with Crippen molar-refractivity contribution in [2.45, 2.75) is 39.2 Å². The Morgan fingerprint density at radius 2 is 2.04 bits per heavy atom. The quantitative estimate of drug-likeness (QED) is 0.843. The highest BCUT2D eigenvalue weighted by molar-refractivity contribution is 7.71. The van der Waals surface area contributed by atoms with Crippen LogP contribution in [0.5, 0.6) is 0 Å². The summed E-state index contributed by atoms with van der Waals surface area (Å²) in [6.07, 6.45) is 3.45. The van der Waals surface area contributed by atoms with E-state index >= 15 is 0 Å². The lowest BCUT2D eigenvalue weighted by Gasteiger charge is -2.28. The van der Waals surface area contributed by atoms with Gasteiger partial charge < -0.3 is 9.32 Å². The number of hydrogen-bond acceptors (Lipinski definition) is 4. The number of nitrogens with one attached hydrogen (secondary N) is 1. The largest absolute Gasteiger partial charge is 0.409 e. The van der Waals surface area contributed by atoms with E-state index in [1.807, 2.05) is 29.2 Å². The first kappa shape index (κ1) is 15.9. The molecule has 2 atom stereocenters. The molecule has 0 bridgehead atoms. The summed E-state index contributed by atoms with van der Waals surface area (Å²) in [7, 11) is 0. The van der Waals surface area contributed by atoms with Crippen LogP contribution in [0.4, 0.5) is 0 Å². The predicted molar refractivity (Wildman–Crippen MR) is 90.6 cm³/mol. The molecule has 2 aromatic rings. The SMILES string of the molecule is C[C@H]1CCC[C@@H](C)N(C(=O)c2ccc(-c3n[nH]c(=S)o3)cc2)C1. The molecular formula is C17H21N3O2S. The second-order valence-electron chi connectivity index (χ2n) is 6.34. The van der Waals surface area contributed by atoms with Crippen molar-refractivity contribution in [3.8, 4) is 11.5 Å². The number of aromatic amines is 1. The number of nitrogens with zero attached hydrogens (tertiary/aromatic N) is 2. The van der Waals surface area contributed by atoms with Crippen LogP contribution in [0.25, 0.3) is 11.5 Å². The number of rotatable bonds is 2. The van der Waals surface area contributed by atoms with Gasteiger partial charge >= 0.3 is 0 Å². The first-order valence-corrected chi connectivity index (χ1v) is 8.42. The molecule has 0 saturated carbocycles. The topological polar surface area (TPSA) is 62.1 Å². The Balaban J connectivity index is 1.80. The third-order valence-corrected chi connectivity index (χ3v) is 4.61.